The van der Waals surface area contributed by atoms with Crippen LogP contribution in [0.25, 0.3) is 0 Å². The summed E-state index contributed by atoms with van der Waals surface area (Å²) >= 11 is 0. The van der Waals surface area contributed by atoms with Gasteiger partial charge in [-0.05, 0) is 26.7 Å². The molecular weight excluding hydrogens is 222 g/mol. The largest absolute Gasteiger partial charge is 0.351 e. The van der Waals surface area contributed by atoms with E-state index in [1.54, 1.807) is 0 Å². The number of nitrogens with two attached hydrogens (primary N) is 1. The molecule has 3 N–H and O–H groups in total. The first kappa shape index (κ1) is 13.9. The van der Waals surface area contributed by atoms with E-state index in [0.29, 0.717) is 12.8 Å². The normalized spacial score (nSPS) is 24.3. The number of amides is 2. The van der Waals surface area contributed by atoms with Crippen molar-refractivity contribution in [2.45, 2.75) is 38.3 Å². The summed E-state index contributed by atoms with van der Waals surface area (Å²) in [7, 11) is 2.90. The maximum absolute atomic E-state index is 11.7. The summed E-state index contributed by atoms with van der Waals surface area (Å²) in [6.45, 7) is 3.92. The molecule has 1 aliphatic heterocycles. The summed E-state index contributed by atoms with van der Waals surface area (Å²) in [6, 6.07) is -0.704. The molecule has 0 bridgehead atoms. The molecule has 1 rings (SSSR count). The number of nitrogens with zero attached hydrogens (tertiary/aromatic N) is 1. The third-order valence-electron chi connectivity index (χ3n) is 3.03. The summed E-state index contributed by atoms with van der Waals surface area (Å²) in [5.41, 5.74) is 5.56. The molecule has 0 aromatic heterocycles. The van der Waals surface area contributed by atoms with Crippen molar-refractivity contribution < 1.29 is 14.4 Å². The van der Waals surface area contributed by atoms with Gasteiger partial charge in [0.15, 0.2) is 0 Å². The second-order valence-electron chi connectivity index (χ2n) is 5.13. The topological polar surface area (TPSA) is 84.7 Å². The SMILES string of the molecule is CON(C)C(=O)[C@@H](N)C[C@@H]1CC(C)(C)NC1=O. The smallest absolute Gasteiger partial charge is 0.262 e. The minimum atomic E-state index is -0.704. The summed E-state index contributed by atoms with van der Waals surface area (Å²) in [5, 5.41) is 3.97. The Kier molecular flexibility index (Phi) is 4.11. The Morgan fingerprint density at radius 1 is 1.71 bits per heavy atom. The molecule has 6 nitrogen and oxygen atoms in total. The minimum Gasteiger partial charge on any atom is -0.351 e. The van der Waals surface area contributed by atoms with Crippen molar-refractivity contribution in [3.63, 3.8) is 0 Å². The molecule has 0 spiro atoms. The van der Waals surface area contributed by atoms with Gasteiger partial charge >= 0.3 is 0 Å². The molecule has 1 saturated heterocycles. The van der Waals surface area contributed by atoms with E-state index in [0.717, 1.165) is 5.06 Å². The monoisotopic (exact) mass is 243 g/mol. The second kappa shape index (κ2) is 5.01. The van der Waals surface area contributed by atoms with Crippen LogP contribution in [0.1, 0.15) is 26.7 Å². The van der Waals surface area contributed by atoms with Crippen LogP contribution in [0.15, 0.2) is 0 Å². The van der Waals surface area contributed by atoms with Crippen molar-refractivity contribution in [2.75, 3.05) is 14.2 Å². The molecule has 0 aromatic carbocycles. The van der Waals surface area contributed by atoms with Crippen LogP contribution in [-0.4, -0.2) is 42.6 Å². The van der Waals surface area contributed by atoms with Gasteiger partial charge in [0.05, 0.1) is 13.2 Å². The lowest BCUT2D eigenvalue weighted by molar-refractivity contribution is -0.170. The number of hydroxylamine groups is 2. The molecule has 2 atom stereocenters. The lowest BCUT2D eigenvalue weighted by Gasteiger charge is -2.20. The molecule has 2 amide bonds. The van der Waals surface area contributed by atoms with Gasteiger partial charge in [0.1, 0.15) is 0 Å². The van der Waals surface area contributed by atoms with Crippen LogP contribution in [0.5, 0.6) is 0 Å². The highest BCUT2D eigenvalue weighted by Crippen LogP contribution is 2.27. The average molecular weight is 243 g/mol. The van der Waals surface area contributed by atoms with Gasteiger partial charge in [0.25, 0.3) is 5.91 Å². The summed E-state index contributed by atoms with van der Waals surface area (Å²) in [4.78, 5) is 28.1. The Hall–Kier alpha value is -1.14. The van der Waals surface area contributed by atoms with Gasteiger partial charge in [-0.15, -0.1) is 0 Å². The average Bonchev–Trinajstić information content (AvgIpc) is 2.49. The second-order valence-corrected chi connectivity index (χ2v) is 5.13. The van der Waals surface area contributed by atoms with Crippen LogP contribution in [-0.2, 0) is 14.4 Å². The predicted molar refractivity (Wildman–Crippen MR) is 62.7 cm³/mol. The van der Waals surface area contributed by atoms with E-state index in [9.17, 15) is 9.59 Å². The molecule has 0 radical (unpaired) electrons. The third kappa shape index (κ3) is 3.41. The van der Waals surface area contributed by atoms with Crippen molar-refractivity contribution in [3.8, 4) is 0 Å². The molecule has 6 heteroatoms. The Morgan fingerprint density at radius 2 is 2.29 bits per heavy atom. The van der Waals surface area contributed by atoms with Crippen LogP contribution in [0.3, 0.4) is 0 Å². The van der Waals surface area contributed by atoms with Gasteiger partial charge in [0, 0.05) is 18.5 Å². The molecular formula is C11H21N3O3. The van der Waals surface area contributed by atoms with Gasteiger partial charge in [-0.25, -0.2) is 5.06 Å². The van der Waals surface area contributed by atoms with Crippen molar-refractivity contribution in [1.82, 2.24) is 10.4 Å². The Bertz CT molecular complexity index is 317. The fraction of sp³-hybridized carbons (Fsp3) is 0.818. The molecule has 98 valence electrons. The highest BCUT2D eigenvalue weighted by molar-refractivity contribution is 5.84. The van der Waals surface area contributed by atoms with E-state index in [2.05, 4.69) is 5.32 Å². The van der Waals surface area contributed by atoms with E-state index >= 15 is 0 Å². The van der Waals surface area contributed by atoms with E-state index in [-0.39, 0.29) is 23.3 Å². The fourth-order valence-corrected chi connectivity index (χ4v) is 2.12. The molecule has 1 heterocycles. The maximum Gasteiger partial charge on any atom is 0.262 e. The quantitative estimate of drug-likeness (QED) is 0.660. The van der Waals surface area contributed by atoms with Crippen molar-refractivity contribution >= 4 is 11.8 Å². The fourth-order valence-electron chi connectivity index (χ4n) is 2.12. The number of likely N-dealkylation sites (N-methyl/N-ethyl adjacent to an activating group) is 1. The van der Waals surface area contributed by atoms with Crippen molar-refractivity contribution in [3.05, 3.63) is 0 Å². The zero-order valence-electron chi connectivity index (χ0n) is 10.8. The zero-order valence-corrected chi connectivity index (χ0v) is 10.8. The highest BCUT2D eigenvalue weighted by atomic mass is 16.7. The lowest BCUT2D eigenvalue weighted by atomic mass is 9.91. The summed E-state index contributed by atoms with van der Waals surface area (Å²) in [5.74, 6) is -0.544. The Labute approximate surface area is 101 Å². The van der Waals surface area contributed by atoms with Crippen molar-refractivity contribution in [2.24, 2.45) is 11.7 Å². The number of carbonyl (C=O) groups is 2. The molecule has 0 aliphatic carbocycles. The van der Waals surface area contributed by atoms with Crippen LogP contribution < -0.4 is 11.1 Å². The van der Waals surface area contributed by atoms with Crippen LogP contribution in [0, 0.1) is 5.92 Å². The number of hydrogen-bond acceptors (Lipinski definition) is 4. The molecule has 17 heavy (non-hydrogen) atoms. The molecule has 1 aliphatic rings. The zero-order chi connectivity index (χ0) is 13.2. The molecule has 0 unspecified atom stereocenters. The minimum absolute atomic E-state index is 0.0293. The van der Waals surface area contributed by atoms with Crippen LogP contribution in [0.2, 0.25) is 0 Å². The van der Waals surface area contributed by atoms with Gasteiger partial charge in [-0.1, -0.05) is 0 Å². The first-order valence-corrected chi connectivity index (χ1v) is 5.66. The van der Waals surface area contributed by atoms with E-state index in [4.69, 9.17) is 10.6 Å². The number of hydrogen-bond donors (Lipinski definition) is 2. The highest BCUT2D eigenvalue weighted by Gasteiger charge is 2.39. The van der Waals surface area contributed by atoms with E-state index in [1.807, 2.05) is 13.8 Å². The maximum atomic E-state index is 11.7. The van der Waals surface area contributed by atoms with Gasteiger partial charge in [0.2, 0.25) is 5.91 Å². The summed E-state index contributed by atoms with van der Waals surface area (Å²) in [6.07, 6.45) is 1.05. The predicted octanol–water partition coefficient (Wildman–Crippen LogP) is -0.362. The molecule has 0 aromatic rings. The van der Waals surface area contributed by atoms with E-state index in [1.165, 1.54) is 14.2 Å². The first-order valence-electron chi connectivity index (χ1n) is 5.66. The molecule has 1 fully saturated rings. The standard InChI is InChI=1S/C11H21N3O3/c1-11(2)6-7(9(15)13-11)5-8(12)10(16)14(3)17-4/h7-8H,5-6,12H2,1-4H3,(H,13,15)/t7-,8+/m1/s1. The Balaban J connectivity index is 2.55. The van der Waals surface area contributed by atoms with Crippen molar-refractivity contribution in [1.29, 1.82) is 0 Å². The van der Waals surface area contributed by atoms with Crippen LogP contribution in [0.4, 0.5) is 0 Å². The number of nitrogens with one attached hydrogen (secondary N) is 1. The number of carbonyl (C=O) groups excluding carboxylic acids is 2. The van der Waals surface area contributed by atoms with Gasteiger partial charge in [-0.3, -0.25) is 14.4 Å². The third-order valence-corrected chi connectivity index (χ3v) is 3.03. The molecule has 0 saturated carbocycles. The lowest BCUT2D eigenvalue weighted by Crippen LogP contribution is -2.43. The van der Waals surface area contributed by atoms with Gasteiger partial charge < -0.3 is 11.1 Å². The Morgan fingerprint density at radius 3 is 2.71 bits per heavy atom. The summed E-state index contributed by atoms with van der Waals surface area (Å²) < 4.78 is 0. The van der Waals surface area contributed by atoms with Crippen LogP contribution >= 0.6 is 0 Å². The van der Waals surface area contributed by atoms with Gasteiger partial charge in [-0.2, -0.15) is 0 Å². The van der Waals surface area contributed by atoms with E-state index < -0.39 is 6.04 Å². The first-order chi connectivity index (χ1) is 7.76. The number of rotatable bonds is 4.